The fourth-order valence-electron chi connectivity index (χ4n) is 3.19. The molecule has 0 atom stereocenters. The Balaban J connectivity index is 1.47. The molecule has 0 aromatic heterocycles. The van der Waals surface area contributed by atoms with E-state index in [1.165, 1.54) is 11.4 Å². The minimum Gasteiger partial charge on any atom is -0.497 e. The highest BCUT2D eigenvalue weighted by Gasteiger charge is 2.30. The van der Waals surface area contributed by atoms with E-state index in [0.717, 1.165) is 5.56 Å². The van der Waals surface area contributed by atoms with Gasteiger partial charge in [0.25, 0.3) is 5.91 Å². The highest BCUT2D eigenvalue weighted by molar-refractivity contribution is 7.89. The van der Waals surface area contributed by atoms with Gasteiger partial charge in [-0.2, -0.15) is 4.31 Å². The Morgan fingerprint density at radius 2 is 1.62 bits per heavy atom. The van der Waals surface area contributed by atoms with Crippen LogP contribution < -0.4 is 14.8 Å². The van der Waals surface area contributed by atoms with E-state index in [0.29, 0.717) is 37.4 Å². The number of hydrogen-bond acceptors (Lipinski definition) is 5. The van der Waals surface area contributed by atoms with Crippen LogP contribution in [0.3, 0.4) is 0 Å². The van der Waals surface area contributed by atoms with Crippen molar-refractivity contribution in [2.24, 2.45) is 0 Å². The molecule has 1 fully saturated rings. The molecule has 0 unspecified atom stereocenters. The van der Waals surface area contributed by atoms with Gasteiger partial charge in [-0.15, -0.1) is 0 Å². The van der Waals surface area contributed by atoms with E-state index < -0.39 is 10.0 Å². The Morgan fingerprint density at radius 1 is 1.03 bits per heavy atom. The molecule has 156 valence electrons. The second-order valence-electron chi connectivity index (χ2n) is 7.02. The van der Waals surface area contributed by atoms with Crippen molar-refractivity contribution in [3.63, 3.8) is 0 Å². The average Bonchev–Trinajstić information content (AvgIpc) is 2.74. The average molecular weight is 419 g/mol. The molecule has 2 aromatic rings. The van der Waals surface area contributed by atoms with Crippen molar-refractivity contribution in [3.05, 3.63) is 54.1 Å². The number of carbonyl (C=O) groups is 1. The molecule has 1 aliphatic heterocycles. The Morgan fingerprint density at radius 3 is 2.21 bits per heavy atom. The summed E-state index contributed by atoms with van der Waals surface area (Å²) in [5.74, 6) is 1.05. The van der Waals surface area contributed by atoms with E-state index in [1.54, 1.807) is 24.3 Å². The van der Waals surface area contributed by atoms with Gasteiger partial charge < -0.3 is 14.8 Å². The number of rotatable bonds is 7. The van der Waals surface area contributed by atoms with Crippen molar-refractivity contribution in [2.75, 3.05) is 26.8 Å². The van der Waals surface area contributed by atoms with E-state index in [1.807, 2.05) is 31.2 Å². The molecule has 0 spiro atoms. The van der Waals surface area contributed by atoms with Crippen LogP contribution in [-0.2, 0) is 14.8 Å². The molecule has 1 aliphatic rings. The monoisotopic (exact) mass is 418 g/mol. The molecule has 8 heteroatoms. The van der Waals surface area contributed by atoms with Gasteiger partial charge in [0.1, 0.15) is 11.5 Å². The van der Waals surface area contributed by atoms with Crippen LogP contribution in [0.2, 0.25) is 0 Å². The number of sulfonamides is 1. The van der Waals surface area contributed by atoms with Crippen molar-refractivity contribution in [1.82, 2.24) is 9.62 Å². The lowest BCUT2D eigenvalue weighted by Crippen LogP contribution is -2.47. The highest BCUT2D eigenvalue weighted by Crippen LogP contribution is 2.23. The van der Waals surface area contributed by atoms with Crippen molar-refractivity contribution in [3.8, 4) is 11.5 Å². The fourth-order valence-corrected chi connectivity index (χ4v) is 4.66. The van der Waals surface area contributed by atoms with Gasteiger partial charge in [0.2, 0.25) is 10.0 Å². The maximum Gasteiger partial charge on any atom is 0.258 e. The van der Waals surface area contributed by atoms with Gasteiger partial charge in [0, 0.05) is 19.1 Å². The first kappa shape index (κ1) is 21.1. The van der Waals surface area contributed by atoms with Gasteiger partial charge in [-0.25, -0.2) is 8.42 Å². The summed E-state index contributed by atoms with van der Waals surface area (Å²) < 4.78 is 37.6. The molecule has 1 amide bonds. The molecule has 0 bridgehead atoms. The van der Waals surface area contributed by atoms with Crippen molar-refractivity contribution < 1.29 is 22.7 Å². The van der Waals surface area contributed by atoms with E-state index in [2.05, 4.69) is 5.32 Å². The zero-order valence-corrected chi connectivity index (χ0v) is 17.4. The molecular weight excluding hydrogens is 392 g/mol. The first-order chi connectivity index (χ1) is 13.9. The fraction of sp³-hybridized carbons (Fsp3) is 0.381. The number of aryl methyl sites for hydroxylation is 1. The summed E-state index contributed by atoms with van der Waals surface area (Å²) in [7, 11) is -2.01. The maximum atomic E-state index is 12.8. The number of methoxy groups -OCH3 is 1. The van der Waals surface area contributed by atoms with E-state index in [9.17, 15) is 13.2 Å². The van der Waals surface area contributed by atoms with Crippen LogP contribution in [0.4, 0.5) is 0 Å². The van der Waals surface area contributed by atoms with Gasteiger partial charge in [-0.05, 0) is 56.2 Å². The lowest BCUT2D eigenvalue weighted by molar-refractivity contribution is -0.124. The molecule has 1 saturated heterocycles. The van der Waals surface area contributed by atoms with Gasteiger partial charge >= 0.3 is 0 Å². The molecule has 0 saturated carbocycles. The lowest BCUT2D eigenvalue weighted by Gasteiger charge is -2.31. The molecule has 7 nitrogen and oxygen atoms in total. The Labute approximate surface area is 171 Å². The molecule has 0 aliphatic carbocycles. The lowest BCUT2D eigenvalue weighted by atomic mass is 10.1. The van der Waals surface area contributed by atoms with Gasteiger partial charge in [0.15, 0.2) is 6.61 Å². The SMILES string of the molecule is COc1ccc(S(=O)(=O)N2CCC(NC(=O)COc3ccc(C)cc3)CC2)cc1. The number of nitrogens with zero attached hydrogens (tertiary/aromatic N) is 1. The molecule has 0 radical (unpaired) electrons. The summed E-state index contributed by atoms with van der Waals surface area (Å²) in [4.78, 5) is 12.4. The topological polar surface area (TPSA) is 84.9 Å². The maximum absolute atomic E-state index is 12.8. The number of amides is 1. The van der Waals surface area contributed by atoms with Crippen LogP contribution in [-0.4, -0.2) is 51.5 Å². The summed E-state index contributed by atoms with van der Waals surface area (Å²) in [6.45, 7) is 2.64. The predicted molar refractivity (Wildman–Crippen MR) is 110 cm³/mol. The highest BCUT2D eigenvalue weighted by atomic mass is 32.2. The van der Waals surface area contributed by atoms with Gasteiger partial charge in [-0.3, -0.25) is 4.79 Å². The van der Waals surface area contributed by atoms with Crippen LogP contribution in [0, 0.1) is 6.92 Å². The molecular formula is C21H26N2O5S. The van der Waals surface area contributed by atoms with E-state index >= 15 is 0 Å². The standard InChI is InChI=1S/C21H26N2O5S/c1-16-3-5-19(6-4-16)28-15-21(24)22-17-11-13-23(14-12-17)29(25,26)20-9-7-18(27-2)8-10-20/h3-10,17H,11-15H2,1-2H3,(H,22,24). The second kappa shape index (κ2) is 9.28. The first-order valence-electron chi connectivity index (χ1n) is 9.51. The van der Waals surface area contributed by atoms with Crippen LogP contribution >= 0.6 is 0 Å². The molecule has 1 heterocycles. The summed E-state index contributed by atoms with van der Waals surface area (Å²) in [6.07, 6.45) is 1.12. The number of benzene rings is 2. The largest absolute Gasteiger partial charge is 0.497 e. The number of ether oxygens (including phenoxy) is 2. The first-order valence-corrected chi connectivity index (χ1v) is 11.0. The molecule has 1 N–H and O–H groups in total. The minimum atomic E-state index is -3.55. The molecule has 29 heavy (non-hydrogen) atoms. The predicted octanol–water partition coefficient (Wildman–Crippen LogP) is 2.35. The quantitative estimate of drug-likeness (QED) is 0.746. The van der Waals surface area contributed by atoms with Gasteiger partial charge in [-0.1, -0.05) is 17.7 Å². The van der Waals surface area contributed by atoms with Crippen LogP contribution in [0.5, 0.6) is 11.5 Å². The zero-order chi connectivity index (χ0) is 20.9. The summed E-state index contributed by atoms with van der Waals surface area (Å²) >= 11 is 0. The number of hydrogen-bond donors (Lipinski definition) is 1. The normalized spacial score (nSPS) is 15.7. The van der Waals surface area contributed by atoms with Gasteiger partial charge in [0.05, 0.1) is 12.0 Å². The van der Waals surface area contributed by atoms with E-state index in [4.69, 9.17) is 9.47 Å². The van der Waals surface area contributed by atoms with Crippen LogP contribution in [0.15, 0.2) is 53.4 Å². The third-order valence-corrected chi connectivity index (χ3v) is 6.82. The summed E-state index contributed by atoms with van der Waals surface area (Å²) in [5.41, 5.74) is 1.12. The van der Waals surface area contributed by atoms with Crippen LogP contribution in [0.25, 0.3) is 0 Å². The van der Waals surface area contributed by atoms with Crippen molar-refractivity contribution >= 4 is 15.9 Å². The zero-order valence-electron chi connectivity index (χ0n) is 16.6. The molecule has 2 aromatic carbocycles. The Kier molecular flexibility index (Phi) is 6.76. The Hall–Kier alpha value is -2.58. The van der Waals surface area contributed by atoms with Crippen molar-refractivity contribution in [2.45, 2.75) is 30.7 Å². The minimum absolute atomic E-state index is 0.0621. The number of nitrogens with one attached hydrogen (secondary N) is 1. The third-order valence-electron chi connectivity index (χ3n) is 4.91. The Bertz CT molecular complexity index is 919. The third kappa shape index (κ3) is 5.48. The van der Waals surface area contributed by atoms with Crippen LogP contribution in [0.1, 0.15) is 18.4 Å². The molecule has 3 rings (SSSR count). The summed E-state index contributed by atoms with van der Waals surface area (Å²) in [5, 5.41) is 2.93. The van der Waals surface area contributed by atoms with E-state index in [-0.39, 0.29) is 23.5 Å². The smallest absolute Gasteiger partial charge is 0.258 e. The number of piperidine rings is 1. The van der Waals surface area contributed by atoms with Crippen molar-refractivity contribution in [1.29, 1.82) is 0 Å². The second-order valence-corrected chi connectivity index (χ2v) is 8.96. The summed E-state index contributed by atoms with van der Waals surface area (Å²) in [6, 6.07) is 13.8. The number of carbonyl (C=O) groups excluding carboxylic acids is 1.